The van der Waals surface area contributed by atoms with Gasteiger partial charge in [-0.05, 0) is 23.8 Å². The second-order valence-electron chi connectivity index (χ2n) is 8.06. The van der Waals surface area contributed by atoms with Gasteiger partial charge in [0, 0.05) is 57.0 Å². The van der Waals surface area contributed by atoms with Crippen molar-refractivity contribution in [2.45, 2.75) is 37.2 Å². The summed E-state index contributed by atoms with van der Waals surface area (Å²) in [5.74, 6) is -0.130. The summed E-state index contributed by atoms with van der Waals surface area (Å²) < 4.78 is 5.94. The van der Waals surface area contributed by atoms with Gasteiger partial charge < -0.3 is 9.64 Å². The van der Waals surface area contributed by atoms with E-state index in [1.807, 2.05) is 12.1 Å². The number of aromatic nitrogens is 1. The Hall–Kier alpha value is -2.93. The van der Waals surface area contributed by atoms with E-state index in [2.05, 4.69) is 4.98 Å². The number of carbonyl (C=O) groups excluding carboxylic acids is 3. The summed E-state index contributed by atoms with van der Waals surface area (Å²) in [4.78, 5) is 45.6. The monoisotopic (exact) mass is 441 g/mol. The maximum Gasteiger partial charge on any atom is 0.240 e. The second kappa shape index (κ2) is 8.67. The lowest BCUT2D eigenvalue weighted by atomic mass is 9.75. The van der Waals surface area contributed by atoms with Crippen LogP contribution in [0.2, 0.25) is 5.02 Å². The molecule has 0 unspecified atom stereocenters. The first-order chi connectivity index (χ1) is 14.9. The first kappa shape index (κ1) is 21.3. The Morgan fingerprint density at radius 1 is 1.19 bits per heavy atom. The Labute approximate surface area is 185 Å². The summed E-state index contributed by atoms with van der Waals surface area (Å²) in [5.41, 5.74) is -0.730. The predicted octanol–water partition coefficient (Wildman–Crippen LogP) is 2.82. The molecule has 0 spiro atoms. The van der Waals surface area contributed by atoms with E-state index < -0.39 is 5.41 Å². The van der Waals surface area contributed by atoms with Crippen LogP contribution < -0.4 is 4.74 Å². The number of ether oxygens (including phenoxy) is 1. The Morgan fingerprint density at radius 2 is 1.94 bits per heavy atom. The lowest BCUT2D eigenvalue weighted by molar-refractivity contribution is -0.142. The van der Waals surface area contributed by atoms with Gasteiger partial charge in [0.15, 0.2) is 0 Å². The van der Waals surface area contributed by atoms with Crippen LogP contribution in [0.25, 0.3) is 0 Å². The van der Waals surface area contributed by atoms with Gasteiger partial charge in [0.1, 0.15) is 11.9 Å². The molecule has 162 valence electrons. The molecule has 2 aliphatic rings. The molecular weight excluding hydrogens is 418 g/mol. The Balaban J connectivity index is 1.47. The minimum absolute atomic E-state index is 0.00611. The molecule has 3 heterocycles. The minimum Gasteiger partial charge on any atom is -0.489 e. The van der Waals surface area contributed by atoms with Gasteiger partial charge in [-0.2, -0.15) is 0 Å². The fourth-order valence-corrected chi connectivity index (χ4v) is 4.70. The minimum atomic E-state index is -1.26. The first-order valence-corrected chi connectivity index (χ1v) is 10.7. The highest BCUT2D eigenvalue weighted by molar-refractivity contribution is 6.32. The van der Waals surface area contributed by atoms with Crippen LogP contribution in [0.1, 0.15) is 31.2 Å². The number of likely N-dealkylation sites (tertiary alicyclic amines) is 2. The number of rotatable bonds is 5. The largest absolute Gasteiger partial charge is 0.489 e. The summed E-state index contributed by atoms with van der Waals surface area (Å²) in [5, 5.41) is 0.385. The highest BCUT2D eigenvalue weighted by Crippen LogP contribution is 2.42. The summed E-state index contributed by atoms with van der Waals surface area (Å²) >= 11 is 6.39. The number of nitrogens with zero attached hydrogens (tertiary/aromatic N) is 3. The van der Waals surface area contributed by atoms with Gasteiger partial charge >= 0.3 is 0 Å². The molecule has 0 radical (unpaired) electrons. The lowest BCUT2D eigenvalue weighted by Crippen LogP contribution is -2.46. The first-order valence-electron chi connectivity index (χ1n) is 10.3. The van der Waals surface area contributed by atoms with Crippen LogP contribution >= 0.6 is 11.6 Å². The zero-order valence-corrected chi connectivity index (χ0v) is 18.0. The second-order valence-corrected chi connectivity index (χ2v) is 8.47. The third-order valence-corrected chi connectivity index (χ3v) is 6.44. The van der Waals surface area contributed by atoms with Crippen molar-refractivity contribution in [2.75, 3.05) is 20.1 Å². The van der Waals surface area contributed by atoms with E-state index in [0.717, 1.165) is 4.90 Å². The third-order valence-electron chi connectivity index (χ3n) is 6.12. The molecule has 1 atom stereocenters. The van der Waals surface area contributed by atoms with Gasteiger partial charge in [0.25, 0.3) is 0 Å². The van der Waals surface area contributed by atoms with E-state index in [0.29, 0.717) is 42.3 Å². The van der Waals surface area contributed by atoms with Gasteiger partial charge in [0.2, 0.25) is 17.7 Å². The molecule has 2 aliphatic heterocycles. The highest BCUT2D eigenvalue weighted by Gasteiger charge is 2.53. The Kier molecular flexibility index (Phi) is 5.96. The Morgan fingerprint density at radius 3 is 2.55 bits per heavy atom. The molecule has 0 aliphatic carbocycles. The number of benzene rings is 1. The van der Waals surface area contributed by atoms with Gasteiger partial charge in [-0.1, -0.05) is 29.8 Å². The van der Waals surface area contributed by atoms with Crippen molar-refractivity contribution in [3.05, 3.63) is 59.4 Å². The van der Waals surface area contributed by atoms with Gasteiger partial charge in [-0.3, -0.25) is 24.3 Å². The molecule has 1 aromatic carbocycles. The standard InChI is InChI=1S/C23H24ClN3O4/c1-26-20(28)13-23(22(26)30,18-6-2-3-7-19(18)24)14-21(29)27-11-8-16(9-12-27)31-17-5-4-10-25-15-17/h2-7,10,15-16H,8-9,11-14H2,1H3/t23-/m0/s1. The molecule has 8 heteroatoms. The highest BCUT2D eigenvalue weighted by atomic mass is 35.5. The van der Waals surface area contributed by atoms with Gasteiger partial charge in [-0.25, -0.2) is 0 Å². The molecule has 7 nitrogen and oxygen atoms in total. The quantitative estimate of drug-likeness (QED) is 0.666. The number of carbonyl (C=O) groups is 3. The molecule has 2 aromatic rings. The fourth-order valence-electron chi connectivity index (χ4n) is 4.38. The molecule has 0 N–H and O–H groups in total. The van der Waals surface area contributed by atoms with Crippen molar-refractivity contribution in [1.82, 2.24) is 14.8 Å². The topological polar surface area (TPSA) is 79.8 Å². The van der Waals surface area contributed by atoms with E-state index in [1.165, 1.54) is 7.05 Å². The number of imide groups is 1. The van der Waals surface area contributed by atoms with Gasteiger partial charge in [0.05, 0.1) is 11.6 Å². The van der Waals surface area contributed by atoms with E-state index >= 15 is 0 Å². The van der Waals surface area contributed by atoms with Crippen LogP contribution in [0.5, 0.6) is 5.75 Å². The molecule has 3 amide bonds. The average Bonchev–Trinajstić information content (AvgIpc) is 2.99. The molecule has 4 rings (SSSR count). The molecule has 0 bridgehead atoms. The van der Waals surface area contributed by atoms with Crippen LogP contribution in [-0.4, -0.2) is 58.7 Å². The molecule has 2 saturated heterocycles. The number of hydrogen-bond donors (Lipinski definition) is 0. The average molecular weight is 442 g/mol. The number of piperidine rings is 1. The van der Waals surface area contributed by atoms with Crippen LogP contribution in [0.15, 0.2) is 48.8 Å². The summed E-state index contributed by atoms with van der Waals surface area (Å²) in [7, 11) is 1.45. The third kappa shape index (κ3) is 4.14. The number of halogens is 1. The van der Waals surface area contributed by atoms with Gasteiger partial charge in [-0.15, -0.1) is 0 Å². The maximum atomic E-state index is 13.2. The van der Waals surface area contributed by atoms with E-state index in [-0.39, 0.29) is 36.7 Å². The number of hydrogen-bond acceptors (Lipinski definition) is 5. The molecule has 0 saturated carbocycles. The normalized spacial score (nSPS) is 22.1. The summed E-state index contributed by atoms with van der Waals surface area (Å²) in [6.07, 6.45) is 4.60. The zero-order chi connectivity index (χ0) is 22.0. The van der Waals surface area contributed by atoms with Crippen LogP contribution in [0.3, 0.4) is 0 Å². The molecule has 1 aromatic heterocycles. The summed E-state index contributed by atoms with van der Waals surface area (Å²) in [6.45, 7) is 1.06. The van der Waals surface area contributed by atoms with Crippen molar-refractivity contribution in [1.29, 1.82) is 0 Å². The van der Waals surface area contributed by atoms with Crippen LogP contribution in [0, 0.1) is 0 Å². The molecular formula is C23H24ClN3O4. The maximum absolute atomic E-state index is 13.2. The molecule has 2 fully saturated rings. The van der Waals surface area contributed by atoms with Crippen molar-refractivity contribution >= 4 is 29.3 Å². The smallest absolute Gasteiger partial charge is 0.240 e. The van der Waals surface area contributed by atoms with Crippen LogP contribution in [0.4, 0.5) is 0 Å². The van der Waals surface area contributed by atoms with Crippen molar-refractivity contribution in [3.8, 4) is 5.75 Å². The molecule has 31 heavy (non-hydrogen) atoms. The Bertz CT molecular complexity index is 991. The predicted molar refractivity (Wildman–Crippen MR) is 115 cm³/mol. The van der Waals surface area contributed by atoms with Crippen molar-refractivity contribution < 1.29 is 19.1 Å². The number of amides is 3. The fraction of sp³-hybridized carbons (Fsp3) is 0.391. The lowest BCUT2D eigenvalue weighted by Gasteiger charge is -2.35. The number of pyridine rings is 1. The SMILES string of the molecule is CN1C(=O)C[C@](CC(=O)N2CCC(Oc3cccnc3)CC2)(c2ccccc2Cl)C1=O. The summed E-state index contributed by atoms with van der Waals surface area (Å²) in [6, 6.07) is 10.6. The van der Waals surface area contributed by atoms with E-state index in [4.69, 9.17) is 16.3 Å². The van der Waals surface area contributed by atoms with E-state index in [1.54, 1.807) is 41.6 Å². The zero-order valence-electron chi connectivity index (χ0n) is 17.3. The van der Waals surface area contributed by atoms with Crippen molar-refractivity contribution in [3.63, 3.8) is 0 Å². The van der Waals surface area contributed by atoms with Crippen LogP contribution in [-0.2, 0) is 19.8 Å². The van der Waals surface area contributed by atoms with E-state index in [9.17, 15) is 14.4 Å². The van der Waals surface area contributed by atoms with Crippen molar-refractivity contribution in [2.24, 2.45) is 0 Å². The number of likely N-dealkylation sites (N-methyl/N-ethyl adjacent to an activating group) is 1.